The molecule has 2 N–H and O–H groups in total. The highest BCUT2D eigenvalue weighted by Crippen LogP contribution is 2.34. The van der Waals surface area contributed by atoms with Crippen molar-refractivity contribution >= 4 is 43.4 Å². The number of amides is 1. The fourth-order valence-electron chi connectivity index (χ4n) is 2.22. The number of rotatable bonds is 6. The fourth-order valence-corrected chi connectivity index (χ4v) is 3.67. The molecule has 1 heterocycles. The maximum absolute atomic E-state index is 10.9. The van der Waals surface area contributed by atoms with E-state index in [4.69, 9.17) is 9.94 Å². The van der Waals surface area contributed by atoms with Crippen LogP contribution in [0, 0.1) is 0 Å². The zero-order chi connectivity index (χ0) is 16.9. The van der Waals surface area contributed by atoms with Crippen LogP contribution in [0.25, 0.3) is 20.8 Å². The van der Waals surface area contributed by atoms with Crippen molar-refractivity contribution in [2.75, 3.05) is 6.61 Å². The quantitative estimate of drug-likeness (QED) is 0.361. The molecule has 0 spiro atoms. The van der Waals surface area contributed by atoms with Crippen molar-refractivity contribution in [1.29, 1.82) is 0 Å². The molecule has 2 aromatic carbocycles. The first-order valence-corrected chi connectivity index (χ1v) is 8.99. The van der Waals surface area contributed by atoms with Crippen molar-refractivity contribution in [2.45, 2.75) is 12.8 Å². The lowest BCUT2D eigenvalue weighted by atomic mass is 10.2. The number of carbonyl (C=O) groups is 1. The van der Waals surface area contributed by atoms with Gasteiger partial charge in [-0.25, -0.2) is 10.5 Å². The smallest absolute Gasteiger partial charge is 0.243 e. The van der Waals surface area contributed by atoms with Crippen LogP contribution < -0.4 is 10.2 Å². The first-order chi connectivity index (χ1) is 11.7. The summed E-state index contributed by atoms with van der Waals surface area (Å²) in [6.45, 7) is 0.395. The number of nitrogens with zero attached hydrogens (tertiary/aromatic N) is 1. The standard InChI is InChI=1S/C17H15BrN2O3S/c18-12-10-11(17-19-13-4-1-2-5-15(13)24-17)7-8-14(12)23-9-3-6-16(21)20-22/h1-2,4-5,7-8,10,22H,3,6,9H2,(H,20,21). The van der Waals surface area contributed by atoms with E-state index in [9.17, 15) is 4.79 Å². The van der Waals surface area contributed by atoms with Gasteiger partial charge in [0.15, 0.2) is 0 Å². The molecule has 0 atom stereocenters. The molecule has 0 aliphatic heterocycles. The minimum atomic E-state index is -0.413. The van der Waals surface area contributed by atoms with E-state index in [2.05, 4.69) is 27.0 Å². The number of halogens is 1. The zero-order valence-electron chi connectivity index (χ0n) is 12.7. The summed E-state index contributed by atoms with van der Waals surface area (Å²) in [5.41, 5.74) is 3.62. The summed E-state index contributed by atoms with van der Waals surface area (Å²) in [5, 5.41) is 9.39. The van der Waals surface area contributed by atoms with Crippen LogP contribution in [0.5, 0.6) is 5.75 Å². The summed E-state index contributed by atoms with van der Waals surface area (Å²) in [6, 6.07) is 13.9. The molecule has 3 rings (SSSR count). The third-order valence-corrected chi connectivity index (χ3v) is 5.11. The zero-order valence-corrected chi connectivity index (χ0v) is 15.1. The molecule has 1 amide bonds. The van der Waals surface area contributed by atoms with Gasteiger partial charge in [0.05, 0.1) is 21.3 Å². The van der Waals surface area contributed by atoms with Gasteiger partial charge in [-0.1, -0.05) is 12.1 Å². The maximum atomic E-state index is 10.9. The summed E-state index contributed by atoms with van der Waals surface area (Å²) >= 11 is 5.17. The summed E-state index contributed by atoms with van der Waals surface area (Å²) in [5.74, 6) is 0.299. The van der Waals surface area contributed by atoms with E-state index in [1.54, 1.807) is 16.8 Å². The van der Waals surface area contributed by atoms with E-state index >= 15 is 0 Å². The second-order valence-electron chi connectivity index (χ2n) is 5.12. The molecule has 24 heavy (non-hydrogen) atoms. The fraction of sp³-hybridized carbons (Fsp3) is 0.176. The molecular weight excluding hydrogens is 392 g/mol. The predicted octanol–water partition coefficient (Wildman–Crippen LogP) is 4.39. The second kappa shape index (κ2) is 7.74. The van der Waals surface area contributed by atoms with Crippen molar-refractivity contribution in [3.8, 4) is 16.3 Å². The third kappa shape index (κ3) is 3.92. The van der Waals surface area contributed by atoms with Gasteiger partial charge in [-0.05, 0) is 52.7 Å². The molecule has 3 aromatic rings. The average Bonchev–Trinajstić information content (AvgIpc) is 3.03. The number of carbonyl (C=O) groups excluding carboxylic acids is 1. The third-order valence-electron chi connectivity index (χ3n) is 3.40. The molecule has 5 nitrogen and oxygen atoms in total. The van der Waals surface area contributed by atoms with Crippen LogP contribution in [0.3, 0.4) is 0 Å². The minimum absolute atomic E-state index is 0.220. The number of thiazole rings is 1. The molecule has 1 aromatic heterocycles. The highest BCUT2D eigenvalue weighted by atomic mass is 79.9. The van der Waals surface area contributed by atoms with Crippen molar-refractivity contribution in [1.82, 2.24) is 10.5 Å². The molecule has 0 radical (unpaired) electrons. The van der Waals surface area contributed by atoms with Gasteiger partial charge in [-0.15, -0.1) is 11.3 Å². The number of nitrogens with one attached hydrogen (secondary N) is 1. The van der Waals surface area contributed by atoms with Crippen molar-refractivity contribution in [2.24, 2.45) is 0 Å². The number of hydrogen-bond acceptors (Lipinski definition) is 5. The number of ether oxygens (including phenoxy) is 1. The molecule has 0 unspecified atom stereocenters. The summed E-state index contributed by atoms with van der Waals surface area (Å²) in [4.78, 5) is 15.6. The molecule has 0 aliphatic rings. The van der Waals surface area contributed by atoms with Crippen LogP contribution in [-0.2, 0) is 4.79 Å². The van der Waals surface area contributed by atoms with E-state index in [0.717, 1.165) is 25.3 Å². The van der Waals surface area contributed by atoms with Crippen LogP contribution in [0.2, 0.25) is 0 Å². The summed E-state index contributed by atoms with van der Waals surface area (Å²) < 4.78 is 7.65. The second-order valence-corrected chi connectivity index (χ2v) is 7.00. The van der Waals surface area contributed by atoms with Gasteiger partial charge in [-0.2, -0.15) is 0 Å². The van der Waals surface area contributed by atoms with E-state index in [0.29, 0.717) is 18.8 Å². The Labute approximate surface area is 151 Å². The Bertz CT molecular complexity index is 833. The van der Waals surface area contributed by atoms with Crippen LogP contribution in [-0.4, -0.2) is 22.7 Å². The number of aromatic nitrogens is 1. The molecule has 0 saturated carbocycles. The minimum Gasteiger partial charge on any atom is -0.492 e. The molecule has 0 aliphatic carbocycles. The van der Waals surface area contributed by atoms with E-state index in [1.807, 2.05) is 36.4 Å². The van der Waals surface area contributed by atoms with Crippen LogP contribution in [0.4, 0.5) is 0 Å². The average molecular weight is 407 g/mol. The van der Waals surface area contributed by atoms with E-state index < -0.39 is 5.91 Å². The maximum Gasteiger partial charge on any atom is 0.243 e. The van der Waals surface area contributed by atoms with E-state index in [-0.39, 0.29) is 6.42 Å². The molecule has 0 fully saturated rings. The normalized spacial score (nSPS) is 10.8. The van der Waals surface area contributed by atoms with Crippen molar-refractivity contribution < 1.29 is 14.7 Å². The van der Waals surface area contributed by atoms with Crippen LogP contribution >= 0.6 is 27.3 Å². The Morgan fingerprint density at radius 2 is 2.12 bits per heavy atom. The van der Waals surface area contributed by atoms with Gasteiger partial charge in [0.2, 0.25) is 5.91 Å². The number of para-hydroxylation sites is 1. The van der Waals surface area contributed by atoms with Gasteiger partial charge >= 0.3 is 0 Å². The Hall–Kier alpha value is -1.96. The van der Waals surface area contributed by atoms with Gasteiger partial charge in [-0.3, -0.25) is 10.0 Å². The van der Waals surface area contributed by atoms with E-state index in [1.165, 1.54) is 0 Å². The Morgan fingerprint density at radius 3 is 2.88 bits per heavy atom. The SMILES string of the molecule is O=C(CCCOc1ccc(-c2nc3ccccc3s2)cc1Br)NO. The number of fused-ring (bicyclic) bond motifs is 1. The highest BCUT2D eigenvalue weighted by Gasteiger charge is 2.09. The Balaban J connectivity index is 1.69. The first kappa shape index (κ1) is 16.9. The Kier molecular flexibility index (Phi) is 5.44. The molecule has 0 saturated heterocycles. The molecule has 0 bridgehead atoms. The summed E-state index contributed by atoms with van der Waals surface area (Å²) in [7, 11) is 0. The Morgan fingerprint density at radius 1 is 1.29 bits per heavy atom. The lowest BCUT2D eigenvalue weighted by Crippen LogP contribution is -2.18. The van der Waals surface area contributed by atoms with Gasteiger partial charge in [0.25, 0.3) is 0 Å². The topological polar surface area (TPSA) is 71.5 Å². The highest BCUT2D eigenvalue weighted by molar-refractivity contribution is 9.10. The lowest BCUT2D eigenvalue weighted by molar-refractivity contribution is -0.129. The van der Waals surface area contributed by atoms with Crippen molar-refractivity contribution in [3.63, 3.8) is 0 Å². The number of hydroxylamine groups is 1. The van der Waals surface area contributed by atoms with Crippen molar-refractivity contribution in [3.05, 3.63) is 46.9 Å². The number of benzene rings is 2. The summed E-state index contributed by atoms with van der Waals surface area (Å²) in [6.07, 6.45) is 0.746. The first-order valence-electron chi connectivity index (χ1n) is 7.38. The predicted molar refractivity (Wildman–Crippen MR) is 97.4 cm³/mol. The monoisotopic (exact) mass is 406 g/mol. The lowest BCUT2D eigenvalue weighted by Gasteiger charge is -2.08. The molecular formula is C17H15BrN2O3S. The molecule has 124 valence electrons. The van der Waals surface area contributed by atoms with Gasteiger partial charge in [0.1, 0.15) is 10.8 Å². The van der Waals surface area contributed by atoms with Gasteiger partial charge < -0.3 is 4.74 Å². The van der Waals surface area contributed by atoms with Crippen LogP contribution in [0.15, 0.2) is 46.9 Å². The number of hydrogen-bond donors (Lipinski definition) is 2. The largest absolute Gasteiger partial charge is 0.492 e. The van der Waals surface area contributed by atoms with Crippen LogP contribution in [0.1, 0.15) is 12.8 Å². The van der Waals surface area contributed by atoms with Gasteiger partial charge in [0, 0.05) is 12.0 Å². The molecule has 7 heteroatoms.